The fraction of sp³-hybridized carbons (Fsp3) is 0.333. The molecule has 184 valence electrons. The Morgan fingerprint density at radius 1 is 1.00 bits per heavy atom. The Labute approximate surface area is 201 Å². The molecule has 7 nitrogen and oxygen atoms in total. The Bertz CT molecular complexity index is 1330. The maximum atomic E-state index is 13.5. The fourth-order valence-electron chi connectivity index (χ4n) is 4.71. The highest BCUT2D eigenvalue weighted by Gasteiger charge is 2.34. The normalized spacial score (nSPS) is 18.4. The van der Waals surface area contributed by atoms with Crippen molar-refractivity contribution in [3.63, 3.8) is 0 Å². The Morgan fingerprint density at radius 2 is 1.71 bits per heavy atom. The summed E-state index contributed by atoms with van der Waals surface area (Å²) in [7, 11) is -3.89. The summed E-state index contributed by atoms with van der Waals surface area (Å²) >= 11 is 0. The summed E-state index contributed by atoms with van der Waals surface area (Å²) in [5.41, 5.74) is 2.47. The lowest BCUT2D eigenvalue weighted by molar-refractivity contribution is -0.137. The first-order chi connectivity index (χ1) is 16.7. The van der Waals surface area contributed by atoms with Gasteiger partial charge >= 0.3 is 6.18 Å². The van der Waals surface area contributed by atoms with E-state index in [1.54, 1.807) is 24.3 Å². The quantitative estimate of drug-likeness (QED) is 0.561. The van der Waals surface area contributed by atoms with E-state index in [0.717, 1.165) is 22.8 Å². The molecule has 2 aliphatic rings. The van der Waals surface area contributed by atoms with Gasteiger partial charge in [-0.2, -0.15) is 13.2 Å². The molecule has 11 heteroatoms. The number of nitrogens with one attached hydrogen (secondary N) is 1. The summed E-state index contributed by atoms with van der Waals surface area (Å²) in [6.07, 6.45) is -0.264. The lowest BCUT2D eigenvalue weighted by atomic mass is 9.90. The molecule has 5 rings (SSSR count). The number of halogens is 3. The number of sulfonamides is 1. The van der Waals surface area contributed by atoms with Crippen molar-refractivity contribution in [3.05, 3.63) is 77.1 Å². The molecule has 1 fully saturated rings. The molecule has 1 aliphatic heterocycles. The van der Waals surface area contributed by atoms with Gasteiger partial charge in [0.2, 0.25) is 5.95 Å². The van der Waals surface area contributed by atoms with Crippen molar-refractivity contribution in [3.8, 4) is 0 Å². The first kappa shape index (κ1) is 23.6. The van der Waals surface area contributed by atoms with Gasteiger partial charge < -0.3 is 9.64 Å². The molecule has 0 bridgehead atoms. The van der Waals surface area contributed by atoms with Crippen LogP contribution in [0.15, 0.2) is 59.8 Å². The van der Waals surface area contributed by atoms with Crippen LogP contribution >= 0.6 is 0 Å². The van der Waals surface area contributed by atoms with Crippen LogP contribution in [-0.2, 0) is 27.4 Å². The van der Waals surface area contributed by atoms with Gasteiger partial charge in [-0.15, -0.1) is 0 Å². The predicted molar refractivity (Wildman–Crippen MR) is 124 cm³/mol. The van der Waals surface area contributed by atoms with Crippen LogP contribution in [0.3, 0.4) is 0 Å². The number of fused-ring (bicyclic) bond motifs is 1. The molecule has 0 amide bonds. The molecule has 2 heterocycles. The molecule has 3 aromatic rings. The van der Waals surface area contributed by atoms with E-state index in [0.29, 0.717) is 44.8 Å². The van der Waals surface area contributed by atoms with Crippen molar-refractivity contribution in [2.24, 2.45) is 0 Å². The smallest absolute Gasteiger partial charge is 0.378 e. The summed E-state index contributed by atoms with van der Waals surface area (Å²) < 4.78 is 73.9. The number of rotatable bonds is 5. The molecule has 0 radical (unpaired) electrons. The molecular formula is C24H23F3N4O3S. The van der Waals surface area contributed by atoms with Gasteiger partial charge in [0.25, 0.3) is 10.0 Å². The van der Waals surface area contributed by atoms with Gasteiger partial charge in [0.15, 0.2) is 0 Å². The van der Waals surface area contributed by atoms with Gasteiger partial charge in [-0.05, 0) is 59.9 Å². The second kappa shape index (κ2) is 9.12. The average molecular weight is 505 g/mol. The number of aromatic nitrogens is 2. The molecule has 1 aliphatic carbocycles. The Kier molecular flexibility index (Phi) is 6.14. The zero-order valence-electron chi connectivity index (χ0n) is 18.6. The van der Waals surface area contributed by atoms with Crippen molar-refractivity contribution in [1.29, 1.82) is 0 Å². The highest BCUT2D eigenvalue weighted by atomic mass is 32.2. The van der Waals surface area contributed by atoms with Gasteiger partial charge in [-0.1, -0.05) is 12.1 Å². The van der Waals surface area contributed by atoms with Crippen molar-refractivity contribution in [2.75, 3.05) is 35.9 Å². The first-order valence-electron chi connectivity index (χ1n) is 11.2. The van der Waals surface area contributed by atoms with E-state index < -0.39 is 21.8 Å². The van der Waals surface area contributed by atoms with Gasteiger partial charge in [0, 0.05) is 37.1 Å². The van der Waals surface area contributed by atoms with Crippen LogP contribution in [0.5, 0.6) is 0 Å². The second-order valence-electron chi connectivity index (χ2n) is 8.50. The van der Waals surface area contributed by atoms with Crippen molar-refractivity contribution in [1.82, 2.24) is 9.97 Å². The maximum Gasteiger partial charge on any atom is 0.416 e. The van der Waals surface area contributed by atoms with Crippen LogP contribution < -0.4 is 9.62 Å². The number of ether oxygens (including phenoxy) is 1. The van der Waals surface area contributed by atoms with E-state index in [-0.39, 0.29) is 16.8 Å². The molecule has 0 unspecified atom stereocenters. The number of hydrogen-bond acceptors (Lipinski definition) is 6. The summed E-state index contributed by atoms with van der Waals surface area (Å²) in [5.74, 6) is -0.155. The molecule has 1 saturated heterocycles. The van der Waals surface area contributed by atoms with Crippen molar-refractivity contribution < 1.29 is 26.3 Å². The number of aryl methyl sites for hydroxylation is 1. The van der Waals surface area contributed by atoms with Crippen LogP contribution in [0.4, 0.5) is 24.8 Å². The zero-order chi connectivity index (χ0) is 24.6. The molecule has 1 N–H and O–H groups in total. The summed E-state index contributed by atoms with van der Waals surface area (Å²) in [6, 6.07) is 10.4. The molecule has 35 heavy (non-hydrogen) atoms. The molecule has 1 atom stereocenters. The van der Waals surface area contributed by atoms with Gasteiger partial charge in [-0.3, -0.25) is 0 Å². The third-order valence-corrected chi connectivity index (χ3v) is 7.70. The van der Waals surface area contributed by atoms with Crippen LogP contribution in [0.1, 0.15) is 34.6 Å². The summed E-state index contributed by atoms with van der Waals surface area (Å²) in [4.78, 5) is 9.82. The zero-order valence-corrected chi connectivity index (χ0v) is 19.4. The minimum atomic E-state index is -4.44. The van der Waals surface area contributed by atoms with E-state index in [9.17, 15) is 21.6 Å². The third-order valence-electron chi connectivity index (χ3n) is 6.38. The van der Waals surface area contributed by atoms with E-state index in [2.05, 4.69) is 14.7 Å². The van der Waals surface area contributed by atoms with Gasteiger partial charge in [0.05, 0.1) is 23.7 Å². The molecule has 1 aromatic heterocycles. The van der Waals surface area contributed by atoms with Crippen LogP contribution in [0.25, 0.3) is 0 Å². The number of anilines is 2. The monoisotopic (exact) mass is 504 g/mol. The van der Waals surface area contributed by atoms with Crippen molar-refractivity contribution >= 4 is 21.7 Å². The average Bonchev–Trinajstić information content (AvgIpc) is 3.27. The SMILES string of the molecule is O=S(=O)(Nc1ncccn1)c1ccc2c(c1)CC[C@@H]2c1ccc(C(F)(F)F)cc1N1CCOCC1. The minimum absolute atomic E-state index is 0.0224. The van der Waals surface area contributed by atoms with Gasteiger partial charge in [-0.25, -0.2) is 23.1 Å². The highest BCUT2D eigenvalue weighted by Crippen LogP contribution is 2.44. The summed E-state index contributed by atoms with van der Waals surface area (Å²) in [6.45, 7) is 1.93. The standard InChI is InChI=1S/C24H23F3N4O3S/c25-24(26,27)17-3-6-21(22(15-17)31-10-12-34-13-11-31)20-5-2-16-14-18(4-7-19(16)20)35(32,33)30-23-28-8-1-9-29-23/h1,3-4,6-9,14-15,20H,2,5,10-13H2,(H,28,29,30)/t20-/m0/s1. The summed E-state index contributed by atoms with van der Waals surface area (Å²) in [5, 5.41) is 0. The maximum absolute atomic E-state index is 13.5. The lowest BCUT2D eigenvalue weighted by Crippen LogP contribution is -2.37. The molecule has 0 spiro atoms. The van der Waals surface area contributed by atoms with Crippen molar-refractivity contribution in [2.45, 2.75) is 29.8 Å². The first-order valence-corrected chi connectivity index (χ1v) is 12.7. The molecule has 2 aromatic carbocycles. The topological polar surface area (TPSA) is 84.4 Å². The number of hydrogen-bond donors (Lipinski definition) is 1. The Hall–Kier alpha value is -3.18. The number of alkyl halides is 3. The van der Waals surface area contributed by atoms with E-state index in [1.807, 2.05) is 4.90 Å². The number of benzene rings is 2. The number of nitrogens with zero attached hydrogens (tertiary/aromatic N) is 3. The highest BCUT2D eigenvalue weighted by molar-refractivity contribution is 7.92. The predicted octanol–water partition coefficient (Wildman–Crippen LogP) is 4.21. The fourth-order valence-corrected chi connectivity index (χ4v) is 5.72. The van der Waals surface area contributed by atoms with E-state index in [4.69, 9.17) is 4.74 Å². The number of morpholine rings is 1. The second-order valence-corrected chi connectivity index (χ2v) is 10.2. The van der Waals surface area contributed by atoms with Crippen LogP contribution in [0.2, 0.25) is 0 Å². The minimum Gasteiger partial charge on any atom is -0.378 e. The van der Waals surface area contributed by atoms with E-state index in [1.165, 1.54) is 24.5 Å². The molecular weight excluding hydrogens is 481 g/mol. The van der Waals surface area contributed by atoms with E-state index >= 15 is 0 Å². The largest absolute Gasteiger partial charge is 0.416 e. The third kappa shape index (κ3) is 4.83. The Balaban J connectivity index is 1.48. The lowest BCUT2D eigenvalue weighted by Gasteiger charge is -2.32. The molecule has 0 saturated carbocycles. The van der Waals surface area contributed by atoms with Crippen LogP contribution in [0, 0.1) is 0 Å². The van der Waals surface area contributed by atoms with Crippen LogP contribution in [-0.4, -0.2) is 44.7 Å². The Morgan fingerprint density at radius 3 is 2.43 bits per heavy atom. The van der Waals surface area contributed by atoms with Gasteiger partial charge in [0.1, 0.15) is 0 Å².